The normalized spacial score (nSPS) is 18.4. The van der Waals surface area contributed by atoms with Gasteiger partial charge in [-0.2, -0.15) is 0 Å². The number of aromatic nitrogens is 3. The molecule has 0 aliphatic carbocycles. The van der Waals surface area contributed by atoms with E-state index in [9.17, 15) is 14.7 Å². The average Bonchev–Trinajstić information content (AvgIpc) is 2.71. The number of nitrogens with zero attached hydrogens (tertiary/aromatic N) is 3. The van der Waals surface area contributed by atoms with Crippen molar-refractivity contribution in [1.82, 2.24) is 25.6 Å². The molecule has 4 N–H and O–H groups in total. The van der Waals surface area contributed by atoms with Gasteiger partial charge in [-0.3, -0.25) is 4.79 Å². The minimum Gasteiger partial charge on any atom is -0.480 e. The summed E-state index contributed by atoms with van der Waals surface area (Å²) < 4.78 is 1.56. The van der Waals surface area contributed by atoms with Crippen LogP contribution in [0.25, 0.3) is 0 Å². The third-order valence-corrected chi connectivity index (χ3v) is 2.91. The fraction of sp³-hybridized carbons (Fsp3) is 0.600. The summed E-state index contributed by atoms with van der Waals surface area (Å²) in [7, 11) is 0. The third-order valence-electron chi connectivity index (χ3n) is 2.91. The molecule has 1 saturated heterocycles. The number of aliphatic hydroxyl groups is 1. The van der Waals surface area contributed by atoms with E-state index < -0.39 is 24.0 Å². The minimum absolute atomic E-state index is 0.0267. The summed E-state index contributed by atoms with van der Waals surface area (Å²) in [4.78, 5) is 22.6. The summed E-state index contributed by atoms with van der Waals surface area (Å²) in [6.07, 6.45) is 0.259. The van der Waals surface area contributed by atoms with E-state index in [2.05, 4.69) is 20.9 Å². The fourth-order valence-corrected chi connectivity index (χ4v) is 1.62. The van der Waals surface area contributed by atoms with Crippen LogP contribution in [0, 0.1) is 0 Å². The third kappa shape index (κ3) is 2.88. The second-order valence-corrected chi connectivity index (χ2v) is 4.43. The zero-order chi connectivity index (χ0) is 14.0. The van der Waals surface area contributed by atoms with Gasteiger partial charge in [0.25, 0.3) is 5.91 Å². The van der Waals surface area contributed by atoms with E-state index in [1.54, 1.807) is 4.68 Å². The highest BCUT2D eigenvalue weighted by Gasteiger charge is 2.27. The Morgan fingerprint density at radius 2 is 2.26 bits per heavy atom. The van der Waals surface area contributed by atoms with E-state index in [0.29, 0.717) is 0 Å². The Kier molecular flexibility index (Phi) is 3.76. The lowest BCUT2D eigenvalue weighted by molar-refractivity contribution is -0.141. The highest BCUT2D eigenvalue weighted by atomic mass is 16.4. The van der Waals surface area contributed by atoms with Crippen LogP contribution in [0.3, 0.4) is 0 Å². The van der Waals surface area contributed by atoms with Gasteiger partial charge in [-0.25, -0.2) is 9.48 Å². The van der Waals surface area contributed by atoms with Crippen molar-refractivity contribution in [3.63, 3.8) is 0 Å². The first-order valence-corrected chi connectivity index (χ1v) is 5.83. The molecule has 0 aromatic carbocycles. The van der Waals surface area contributed by atoms with E-state index in [4.69, 9.17) is 5.11 Å². The summed E-state index contributed by atoms with van der Waals surface area (Å²) in [6.45, 7) is 2.81. The molecule has 0 radical (unpaired) electrons. The Bertz CT molecular complexity index is 482. The summed E-state index contributed by atoms with van der Waals surface area (Å²) in [5.74, 6) is -1.98. The van der Waals surface area contributed by atoms with Gasteiger partial charge in [-0.05, 0) is 6.92 Å². The molecule has 1 fully saturated rings. The number of hydrogen-bond acceptors (Lipinski definition) is 6. The summed E-state index contributed by atoms with van der Waals surface area (Å²) in [5, 5.41) is 30.9. The molecule has 9 heteroatoms. The number of carbonyl (C=O) groups is 2. The van der Waals surface area contributed by atoms with Crippen LogP contribution in [-0.4, -0.2) is 62.3 Å². The van der Waals surface area contributed by atoms with Gasteiger partial charge in [0.05, 0.1) is 18.3 Å². The van der Waals surface area contributed by atoms with E-state index in [-0.39, 0.29) is 11.7 Å². The molecular formula is C10H15N5O4. The maximum Gasteiger partial charge on any atom is 0.328 e. The molecule has 19 heavy (non-hydrogen) atoms. The molecule has 1 aromatic rings. The maximum absolute atomic E-state index is 11.8. The Labute approximate surface area is 108 Å². The lowest BCUT2D eigenvalue weighted by atomic mass is 10.2. The van der Waals surface area contributed by atoms with E-state index in [0.717, 1.165) is 13.1 Å². The first-order chi connectivity index (χ1) is 8.99. The van der Waals surface area contributed by atoms with Crippen LogP contribution in [0.2, 0.25) is 0 Å². The number of aliphatic carboxylic acids is 1. The van der Waals surface area contributed by atoms with Gasteiger partial charge in [0.15, 0.2) is 11.7 Å². The van der Waals surface area contributed by atoms with Crippen LogP contribution in [0.4, 0.5) is 0 Å². The highest BCUT2D eigenvalue weighted by molar-refractivity contribution is 5.94. The van der Waals surface area contributed by atoms with E-state index in [1.807, 2.05) is 0 Å². The van der Waals surface area contributed by atoms with Crippen molar-refractivity contribution in [3.8, 4) is 0 Å². The molecule has 0 bridgehead atoms. The second kappa shape index (κ2) is 5.33. The molecule has 1 aromatic heterocycles. The standard InChI is InChI=1S/C10H15N5O4/c1-5(16)8(10(18)19)12-9(17)7-4-15(14-13-7)6-2-11-3-6/h4-6,8,11,16H,2-3H2,1H3,(H,12,17)(H,18,19). The number of nitrogens with one attached hydrogen (secondary N) is 2. The molecular weight excluding hydrogens is 254 g/mol. The van der Waals surface area contributed by atoms with Crippen molar-refractivity contribution in [2.75, 3.05) is 13.1 Å². The number of aliphatic hydroxyl groups excluding tert-OH is 1. The second-order valence-electron chi connectivity index (χ2n) is 4.43. The Hall–Kier alpha value is -2.00. The van der Waals surface area contributed by atoms with Gasteiger partial charge in [0, 0.05) is 13.1 Å². The molecule has 0 spiro atoms. The van der Waals surface area contributed by atoms with Gasteiger partial charge in [-0.1, -0.05) is 5.21 Å². The average molecular weight is 269 g/mol. The van der Waals surface area contributed by atoms with Crippen molar-refractivity contribution in [2.45, 2.75) is 25.1 Å². The number of carbonyl (C=O) groups excluding carboxylic acids is 1. The molecule has 9 nitrogen and oxygen atoms in total. The lowest BCUT2D eigenvalue weighted by Crippen LogP contribution is -2.47. The predicted octanol–water partition coefficient (Wildman–Crippen LogP) is -2.01. The highest BCUT2D eigenvalue weighted by Crippen LogP contribution is 2.09. The number of hydrogen-bond donors (Lipinski definition) is 4. The van der Waals surface area contributed by atoms with Gasteiger partial charge in [-0.15, -0.1) is 5.10 Å². The van der Waals surface area contributed by atoms with Crippen molar-refractivity contribution < 1.29 is 19.8 Å². The molecule has 104 valence electrons. The van der Waals surface area contributed by atoms with Gasteiger partial charge in [0.1, 0.15) is 0 Å². The van der Waals surface area contributed by atoms with E-state index >= 15 is 0 Å². The lowest BCUT2D eigenvalue weighted by Gasteiger charge is -2.26. The van der Waals surface area contributed by atoms with Crippen LogP contribution >= 0.6 is 0 Å². The summed E-state index contributed by atoms with van der Waals surface area (Å²) >= 11 is 0. The summed E-state index contributed by atoms with van der Waals surface area (Å²) in [5.41, 5.74) is 0.0267. The topological polar surface area (TPSA) is 129 Å². The van der Waals surface area contributed by atoms with Gasteiger partial charge < -0.3 is 20.8 Å². The summed E-state index contributed by atoms with van der Waals surface area (Å²) in [6, 6.07) is -1.20. The van der Waals surface area contributed by atoms with Crippen molar-refractivity contribution >= 4 is 11.9 Å². The molecule has 1 aliphatic rings. The molecule has 2 heterocycles. The maximum atomic E-state index is 11.8. The van der Waals surface area contributed by atoms with Crippen LogP contribution in [0.1, 0.15) is 23.5 Å². The quantitative estimate of drug-likeness (QED) is 0.486. The molecule has 1 amide bonds. The smallest absolute Gasteiger partial charge is 0.328 e. The zero-order valence-corrected chi connectivity index (χ0v) is 10.3. The monoisotopic (exact) mass is 269 g/mol. The molecule has 2 rings (SSSR count). The largest absolute Gasteiger partial charge is 0.480 e. The van der Waals surface area contributed by atoms with Gasteiger partial charge >= 0.3 is 5.97 Å². The van der Waals surface area contributed by atoms with Crippen LogP contribution < -0.4 is 10.6 Å². The van der Waals surface area contributed by atoms with Crippen LogP contribution in [0.15, 0.2) is 6.20 Å². The first kappa shape index (κ1) is 13.4. The Morgan fingerprint density at radius 1 is 1.58 bits per heavy atom. The molecule has 1 aliphatic heterocycles. The number of rotatable bonds is 5. The first-order valence-electron chi connectivity index (χ1n) is 5.83. The predicted molar refractivity (Wildman–Crippen MR) is 62.5 cm³/mol. The van der Waals surface area contributed by atoms with Crippen molar-refractivity contribution in [1.29, 1.82) is 0 Å². The molecule has 0 saturated carbocycles. The fourth-order valence-electron chi connectivity index (χ4n) is 1.62. The molecule has 2 unspecified atom stereocenters. The number of carboxylic acid groups (broad SMARTS) is 1. The molecule has 2 atom stereocenters. The zero-order valence-electron chi connectivity index (χ0n) is 10.3. The minimum atomic E-state index is -1.37. The van der Waals surface area contributed by atoms with Gasteiger partial charge in [0.2, 0.25) is 0 Å². The number of carboxylic acids is 1. The van der Waals surface area contributed by atoms with Crippen molar-refractivity contribution in [3.05, 3.63) is 11.9 Å². The van der Waals surface area contributed by atoms with E-state index in [1.165, 1.54) is 13.1 Å². The SMILES string of the molecule is CC(O)C(NC(=O)c1cn(C2CNC2)nn1)C(=O)O. The Balaban J connectivity index is 2.02. The van der Waals surface area contributed by atoms with Crippen molar-refractivity contribution in [2.24, 2.45) is 0 Å². The van der Waals surface area contributed by atoms with Crippen LogP contribution in [0.5, 0.6) is 0 Å². The Morgan fingerprint density at radius 3 is 2.74 bits per heavy atom. The number of amides is 1. The van der Waals surface area contributed by atoms with Crippen LogP contribution in [-0.2, 0) is 4.79 Å².